The summed E-state index contributed by atoms with van der Waals surface area (Å²) in [5, 5.41) is 13.2. The number of hydrogen-bond acceptors (Lipinski definition) is 2. The van der Waals surface area contributed by atoms with Crippen LogP contribution in [-0.2, 0) is 0 Å². The van der Waals surface area contributed by atoms with Crippen LogP contribution >= 0.6 is 0 Å². The third kappa shape index (κ3) is 2.96. The van der Waals surface area contributed by atoms with Crippen molar-refractivity contribution in [2.24, 2.45) is 11.8 Å². The third-order valence-corrected chi connectivity index (χ3v) is 3.36. The quantitative estimate of drug-likeness (QED) is 0.702. The minimum absolute atomic E-state index is 0.136. The fourth-order valence-electron chi connectivity index (χ4n) is 2.19. The van der Waals surface area contributed by atoms with Gasteiger partial charge in [0.15, 0.2) is 0 Å². The topological polar surface area (TPSA) is 32.3 Å². The molecule has 0 saturated carbocycles. The number of piperidine rings is 1. The van der Waals surface area contributed by atoms with Crippen LogP contribution in [0.4, 0.5) is 0 Å². The average Bonchev–Trinajstić information content (AvgIpc) is 2.15. The molecule has 0 spiro atoms. The van der Waals surface area contributed by atoms with Crippen molar-refractivity contribution in [1.82, 2.24) is 5.32 Å². The zero-order valence-electron chi connectivity index (χ0n) is 9.09. The molecule has 1 saturated heterocycles. The molecule has 0 radical (unpaired) electrons. The SMILES string of the molecule is CCC(O)C(C)C1CC(C)CCN1. The standard InChI is InChI=1S/C11H23NO/c1-4-11(13)9(3)10-7-8(2)5-6-12-10/h8-13H,4-7H2,1-3H3. The maximum absolute atomic E-state index is 9.72. The Kier molecular flexibility index (Phi) is 4.20. The molecule has 1 heterocycles. The van der Waals surface area contributed by atoms with Crippen LogP contribution in [0.5, 0.6) is 0 Å². The van der Waals surface area contributed by atoms with E-state index in [1.807, 2.05) is 6.92 Å². The molecule has 1 aliphatic heterocycles. The smallest absolute Gasteiger partial charge is 0.0578 e. The van der Waals surface area contributed by atoms with E-state index in [2.05, 4.69) is 19.2 Å². The average molecular weight is 185 g/mol. The number of aliphatic hydroxyl groups excluding tert-OH is 1. The molecule has 13 heavy (non-hydrogen) atoms. The fraction of sp³-hybridized carbons (Fsp3) is 1.00. The molecule has 78 valence electrons. The van der Waals surface area contributed by atoms with Crippen molar-refractivity contribution in [3.63, 3.8) is 0 Å². The van der Waals surface area contributed by atoms with E-state index in [9.17, 15) is 5.11 Å². The summed E-state index contributed by atoms with van der Waals surface area (Å²) in [7, 11) is 0. The van der Waals surface area contributed by atoms with Gasteiger partial charge >= 0.3 is 0 Å². The Morgan fingerprint density at radius 1 is 1.54 bits per heavy atom. The van der Waals surface area contributed by atoms with Crippen LogP contribution in [0.1, 0.15) is 40.0 Å². The van der Waals surface area contributed by atoms with Crippen molar-refractivity contribution in [2.45, 2.75) is 52.2 Å². The molecule has 2 N–H and O–H groups in total. The van der Waals surface area contributed by atoms with E-state index in [-0.39, 0.29) is 6.10 Å². The second-order valence-electron chi connectivity index (χ2n) is 4.52. The van der Waals surface area contributed by atoms with Crippen molar-refractivity contribution >= 4 is 0 Å². The van der Waals surface area contributed by atoms with Crippen LogP contribution in [0, 0.1) is 11.8 Å². The Bertz CT molecular complexity index is 149. The lowest BCUT2D eigenvalue weighted by atomic mass is 9.84. The first-order valence-electron chi connectivity index (χ1n) is 5.56. The van der Waals surface area contributed by atoms with Gasteiger partial charge in [-0.15, -0.1) is 0 Å². The van der Waals surface area contributed by atoms with Gasteiger partial charge in [-0.1, -0.05) is 20.8 Å². The predicted octanol–water partition coefficient (Wildman–Crippen LogP) is 1.78. The van der Waals surface area contributed by atoms with Crippen LogP contribution in [0.15, 0.2) is 0 Å². The van der Waals surface area contributed by atoms with Crippen molar-refractivity contribution in [3.8, 4) is 0 Å². The molecule has 0 aromatic rings. The minimum Gasteiger partial charge on any atom is -0.393 e. The Morgan fingerprint density at radius 3 is 2.77 bits per heavy atom. The maximum Gasteiger partial charge on any atom is 0.0578 e. The van der Waals surface area contributed by atoms with E-state index in [1.54, 1.807) is 0 Å². The molecule has 0 aromatic carbocycles. The van der Waals surface area contributed by atoms with Crippen LogP contribution < -0.4 is 5.32 Å². The summed E-state index contributed by atoms with van der Waals surface area (Å²) < 4.78 is 0. The molecular weight excluding hydrogens is 162 g/mol. The summed E-state index contributed by atoms with van der Waals surface area (Å²) in [4.78, 5) is 0. The minimum atomic E-state index is -0.136. The second kappa shape index (κ2) is 4.97. The Hall–Kier alpha value is -0.0800. The zero-order chi connectivity index (χ0) is 9.84. The highest BCUT2D eigenvalue weighted by atomic mass is 16.3. The Balaban J connectivity index is 2.41. The van der Waals surface area contributed by atoms with Gasteiger partial charge < -0.3 is 10.4 Å². The molecule has 1 fully saturated rings. The van der Waals surface area contributed by atoms with Gasteiger partial charge in [-0.2, -0.15) is 0 Å². The molecule has 1 aliphatic rings. The van der Waals surface area contributed by atoms with Gasteiger partial charge in [0, 0.05) is 6.04 Å². The molecule has 2 heteroatoms. The second-order valence-corrected chi connectivity index (χ2v) is 4.52. The maximum atomic E-state index is 9.72. The van der Waals surface area contributed by atoms with E-state index in [0.717, 1.165) is 18.9 Å². The summed E-state index contributed by atoms with van der Waals surface area (Å²) in [6.07, 6.45) is 3.24. The van der Waals surface area contributed by atoms with Crippen LogP contribution in [0.25, 0.3) is 0 Å². The largest absolute Gasteiger partial charge is 0.393 e. The van der Waals surface area contributed by atoms with Crippen molar-refractivity contribution < 1.29 is 5.11 Å². The van der Waals surface area contributed by atoms with Crippen molar-refractivity contribution in [3.05, 3.63) is 0 Å². The molecular formula is C11H23NO. The number of hydrogen-bond donors (Lipinski definition) is 2. The molecule has 0 bridgehead atoms. The van der Waals surface area contributed by atoms with Gasteiger partial charge in [-0.05, 0) is 37.6 Å². The first-order chi connectivity index (χ1) is 6.15. The Morgan fingerprint density at radius 2 is 2.23 bits per heavy atom. The van der Waals surface area contributed by atoms with E-state index in [1.165, 1.54) is 12.8 Å². The summed E-state index contributed by atoms with van der Waals surface area (Å²) in [5.74, 6) is 1.21. The lowest BCUT2D eigenvalue weighted by Gasteiger charge is -2.34. The van der Waals surface area contributed by atoms with Gasteiger partial charge in [0.25, 0.3) is 0 Å². The van der Waals surface area contributed by atoms with E-state index >= 15 is 0 Å². The lowest BCUT2D eigenvalue weighted by molar-refractivity contribution is 0.0770. The molecule has 0 amide bonds. The molecule has 0 aliphatic carbocycles. The highest BCUT2D eigenvalue weighted by Gasteiger charge is 2.26. The summed E-state index contributed by atoms with van der Waals surface area (Å²) >= 11 is 0. The van der Waals surface area contributed by atoms with E-state index < -0.39 is 0 Å². The molecule has 2 nitrogen and oxygen atoms in total. The van der Waals surface area contributed by atoms with Gasteiger partial charge in [0.05, 0.1) is 6.10 Å². The fourth-order valence-corrected chi connectivity index (χ4v) is 2.19. The van der Waals surface area contributed by atoms with Crippen LogP contribution in [0.3, 0.4) is 0 Å². The molecule has 4 unspecified atom stereocenters. The Labute approximate surface area is 81.7 Å². The summed E-state index contributed by atoms with van der Waals surface area (Å²) in [6.45, 7) is 7.63. The van der Waals surface area contributed by atoms with Crippen LogP contribution in [0.2, 0.25) is 0 Å². The van der Waals surface area contributed by atoms with Crippen molar-refractivity contribution in [2.75, 3.05) is 6.54 Å². The normalized spacial score (nSPS) is 34.2. The zero-order valence-corrected chi connectivity index (χ0v) is 9.09. The first kappa shape index (κ1) is 11.0. The van der Waals surface area contributed by atoms with Gasteiger partial charge in [-0.25, -0.2) is 0 Å². The molecule has 1 rings (SSSR count). The summed E-state index contributed by atoms with van der Waals surface area (Å²) in [5.41, 5.74) is 0. The number of aliphatic hydroxyl groups is 1. The van der Waals surface area contributed by atoms with Crippen LogP contribution in [-0.4, -0.2) is 23.8 Å². The van der Waals surface area contributed by atoms with E-state index in [0.29, 0.717) is 12.0 Å². The lowest BCUT2D eigenvalue weighted by Crippen LogP contribution is -2.45. The van der Waals surface area contributed by atoms with E-state index in [4.69, 9.17) is 0 Å². The first-order valence-corrected chi connectivity index (χ1v) is 5.56. The number of nitrogens with one attached hydrogen (secondary N) is 1. The molecule has 4 atom stereocenters. The number of rotatable bonds is 3. The van der Waals surface area contributed by atoms with Crippen molar-refractivity contribution in [1.29, 1.82) is 0 Å². The highest BCUT2D eigenvalue weighted by Crippen LogP contribution is 2.23. The summed E-state index contributed by atoms with van der Waals surface area (Å²) in [6, 6.07) is 0.527. The van der Waals surface area contributed by atoms with Gasteiger partial charge in [0.1, 0.15) is 0 Å². The van der Waals surface area contributed by atoms with Gasteiger partial charge in [-0.3, -0.25) is 0 Å². The molecule has 0 aromatic heterocycles. The highest BCUT2D eigenvalue weighted by molar-refractivity contribution is 4.83. The third-order valence-electron chi connectivity index (χ3n) is 3.36. The van der Waals surface area contributed by atoms with Gasteiger partial charge in [0.2, 0.25) is 0 Å². The monoisotopic (exact) mass is 185 g/mol. The predicted molar refractivity (Wildman–Crippen MR) is 55.7 cm³/mol.